The summed E-state index contributed by atoms with van der Waals surface area (Å²) < 4.78 is 11.4. The zero-order valence-corrected chi connectivity index (χ0v) is 14.9. The summed E-state index contributed by atoms with van der Waals surface area (Å²) in [6, 6.07) is 9.91. The Labute approximate surface area is 149 Å². The molecule has 1 amide bonds. The van der Waals surface area contributed by atoms with E-state index in [0.29, 0.717) is 19.2 Å². The van der Waals surface area contributed by atoms with Gasteiger partial charge in [0.25, 0.3) is 0 Å². The summed E-state index contributed by atoms with van der Waals surface area (Å²) in [7, 11) is 0. The quantitative estimate of drug-likeness (QED) is 0.884. The number of nitrogens with zero attached hydrogens (tertiary/aromatic N) is 2. The highest BCUT2D eigenvalue weighted by molar-refractivity contribution is 5.73. The summed E-state index contributed by atoms with van der Waals surface area (Å²) >= 11 is 0. The van der Waals surface area contributed by atoms with Gasteiger partial charge in [0, 0.05) is 39.1 Å². The minimum Gasteiger partial charge on any atom is -0.490 e. The minimum absolute atomic E-state index is 0.144. The molecule has 6 heteroatoms. The van der Waals surface area contributed by atoms with Gasteiger partial charge in [-0.15, -0.1) is 0 Å². The molecule has 0 spiro atoms. The lowest BCUT2D eigenvalue weighted by molar-refractivity contribution is -0.130. The van der Waals surface area contributed by atoms with Crippen molar-refractivity contribution < 1.29 is 19.4 Å². The standard InChI is InChI=1S/C19H28N2O4/c1-16(22)20-9-7-17(8-10-20)21-11-12-24-14-19(23,13-21)15-25-18-5-3-2-4-6-18/h2-6,17,23H,7-15H2,1H3/t19-/m1/s1. The topological polar surface area (TPSA) is 62.2 Å². The van der Waals surface area contributed by atoms with Gasteiger partial charge in [0.05, 0.1) is 13.2 Å². The van der Waals surface area contributed by atoms with Crippen LogP contribution < -0.4 is 4.74 Å². The van der Waals surface area contributed by atoms with Gasteiger partial charge in [-0.1, -0.05) is 18.2 Å². The summed E-state index contributed by atoms with van der Waals surface area (Å²) in [5.41, 5.74) is -1.02. The van der Waals surface area contributed by atoms with Crippen LogP contribution in [-0.2, 0) is 9.53 Å². The number of amides is 1. The lowest BCUT2D eigenvalue weighted by atomic mass is 9.99. The summed E-state index contributed by atoms with van der Waals surface area (Å²) in [6.45, 7) is 5.64. The van der Waals surface area contributed by atoms with Crippen LogP contribution in [0.5, 0.6) is 5.75 Å². The van der Waals surface area contributed by atoms with Crippen LogP contribution in [0.25, 0.3) is 0 Å². The maximum Gasteiger partial charge on any atom is 0.219 e. The average molecular weight is 348 g/mol. The molecule has 25 heavy (non-hydrogen) atoms. The zero-order valence-electron chi connectivity index (χ0n) is 14.9. The van der Waals surface area contributed by atoms with Gasteiger partial charge in [-0.3, -0.25) is 9.69 Å². The molecule has 0 unspecified atom stereocenters. The minimum atomic E-state index is -1.02. The lowest BCUT2D eigenvalue weighted by Crippen LogP contribution is -2.53. The zero-order chi connectivity index (χ0) is 17.7. The molecule has 6 nitrogen and oxygen atoms in total. The molecular formula is C19H28N2O4. The fraction of sp³-hybridized carbons (Fsp3) is 0.632. The molecule has 1 aromatic carbocycles. The summed E-state index contributed by atoms with van der Waals surface area (Å²) in [5.74, 6) is 0.895. The molecule has 2 aliphatic heterocycles. The Morgan fingerprint density at radius 3 is 2.68 bits per heavy atom. The maximum absolute atomic E-state index is 11.5. The molecule has 2 saturated heterocycles. The summed E-state index contributed by atoms with van der Waals surface area (Å²) in [4.78, 5) is 15.7. The third kappa shape index (κ3) is 4.93. The van der Waals surface area contributed by atoms with E-state index < -0.39 is 5.60 Å². The van der Waals surface area contributed by atoms with E-state index in [1.807, 2.05) is 35.2 Å². The van der Waals surface area contributed by atoms with E-state index in [2.05, 4.69) is 4.90 Å². The number of rotatable bonds is 4. The van der Waals surface area contributed by atoms with Crippen LogP contribution in [0, 0.1) is 0 Å². The third-order valence-corrected chi connectivity index (χ3v) is 5.07. The van der Waals surface area contributed by atoms with Crippen molar-refractivity contribution in [3.63, 3.8) is 0 Å². The highest BCUT2D eigenvalue weighted by Gasteiger charge is 2.37. The Hall–Kier alpha value is -1.63. The normalized spacial score (nSPS) is 26.2. The van der Waals surface area contributed by atoms with Crippen LogP contribution in [0.2, 0.25) is 0 Å². The van der Waals surface area contributed by atoms with E-state index in [1.54, 1.807) is 6.92 Å². The van der Waals surface area contributed by atoms with Crippen molar-refractivity contribution in [1.82, 2.24) is 9.80 Å². The van der Waals surface area contributed by atoms with Gasteiger partial charge in [-0.25, -0.2) is 0 Å². The molecular weight excluding hydrogens is 320 g/mol. The first-order valence-corrected chi connectivity index (χ1v) is 9.03. The number of likely N-dealkylation sites (tertiary alicyclic amines) is 1. The molecule has 3 rings (SSSR count). The lowest BCUT2D eigenvalue weighted by Gasteiger charge is -2.40. The van der Waals surface area contributed by atoms with Gasteiger partial charge in [0.2, 0.25) is 5.91 Å². The maximum atomic E-state index is 11.5. The Kier molecular flexibility index (Phi) is 5.93. The summed E-state index contributed by atoms with van der Waals surface area (Å²) in [5, 5.41) is 11.0. The predicted octanol–water partition coefficient (Wildman–Crippen LogP) is 1.14. The number of hydrogen-bond donors (Lipinski definition) is 1. The molecule has 0 aromatic heterocycles. The van der Waals surface area contributed by atoms with Crippen LogP contribution in [-0.4, -0.2) is 78.5 Å². The molecule has 0 aliphatic carbocycles. The number of carbonyl (C=O) groups is 1. The van der Waals surface area contributed by atoms with Gasteiger partial charge in [0.1, 0.15) is 18.0 Å². The van der Waals surface area contributed by atoms with E-state index in [-0.39, 0.29) is 19.1 Å². The van der Waals surface area contributed by atoms with Crippen LogP contribution in [0.1, 0.15) is 19.8 Å². The number of ether oxygens (including phenoxy) is 2. The van der Waals surface area contributed by atoms with Gasteiger partial charge in [-0.2, -0.15) is 0 Å². The van der Waals surface area contributed by atoms with E-state index >= 15 is 0 Å². The van der Waals surface area contributed by atoms with Crippen LogP contribution in [0.4, 0.5) is 0 Å². The van der Waals surface area contributed by atoms with E-state index in [4.69, 9.17) is 9.47 Å². The van der Waals surface area contributed by atoms with Crippen molar-refractivity contribution in [2.45, 2.75) is 31.4 Å². The molecule has 0 radical (unpaired) electrons. The second-order valence-electron chi connectivity index (χ2n) is 7.09. The number of hydrogen-bond acceptors (Lipinski definition) is 5. The van der Waals surface area contributed by atoms with Crippen LogP contribution >= 0.6 is 0 Å². The Bertz CT molecular complexity index is 560. The molecule has 2 heterocycles. The van der Waals surface area contributed by atoms with Crippen LogP contribution in [0.15, 0.2) is 30.3 Å². The molecule has 138 valence electrons. The SMILES string of the molecule is CC(=O)N1CCC(N2CCOC[C@@](O)(COc3ccccc3)C2)CC1. The van der Waals surface area contributed by atoms with Crippen molar-refractivity contribution in [1.29, 1.82) is 0 Å². The molecule has 2 aliphatic rings. The molecule has 1 N–H and O–H groups in total. The highest BCUT2D eigenvalue weighted by atomic mass is 16.5. The molecule has 2 fully saturated rings. The van der Waals surface area contributed by atoms with Gasteiger partial charge in [-0.05, 0) is 25.0 Å². The number of carbonyl (C=O) groups excluding carboxylic acids is 1. The molecule has 0 saturated carbocycles. The smallest absolute Gasteiger partial charge is 0.219 e. The van der Waals surface area contributed by atoms with Gasteiger partial charge >= 0.3 is 0 Å². The molecule has 1 atom stereocenters. The number of para-hydroxylation sites is 1. The monoisotopic (exact) mass is 348 g/mol. The highest BCUT2D eigenvalue weighted by Crippen LogP contribution is 2.22. The first-order chi connectivity index (χ1) is 12.1. The van der Waals surface area contributed by atoms with Crippen molar-refractivity contribution in [2.75, 3.05) is 46.0 Å². The van der Waals surface area contributed by atoms with Crippen molar-refractivity contribution in [2.24, 2.45) is 0 Å². The van der Waals surface area contributed by atoms with Gasteiger partial charge in [0.15, 0.2) is 0 Å². The van der Waals surface area contributed by atoms with Crippen molar-refractivity contribution in [3.05, 3.63) is 30.3 Å². The first-order valence-electron chi connectivity index (χ1n) is 9.03. The van der Waals surface area contributed by atoms with E-state index in [1.165, 1.54) is 0 Å². The second kappa shape index (κ2) is 8.17. The fourth-order valence-electron chi connectivity index (χ4n) is 3.63. The molecule has 0 bridgehead atoms. The predicted molar refractivity (Wildman–Crippen MR) is 94.6 cm³/mol. The third-order valence-electron chi connectivity index (χ3n) is 5.07. The van der Waals surface area contributed by atoms with E-state index in [9.17, 15) is 9.90 Å². The van der Waals surface area contributed by atoms with Gasteiger partial charge < -0.3 is 19.5 Å². The Morgan fingerprint density at radius 2 is 2.00 bits per heavy atom. The first kappa shape index (κ1) is 18.2. The fourth-order valence-corrected chi connectivity index (χ4v) is 3.63. The second-order valence-corrected chi connectivity index (χ2v) is 7.09. The number of piperidine rings is 1. The van der Waals surface area contributed by atoms with Crippen molar-refractivity contribution in [3.8, 4) is 5.75 Å². The Balaban J connectivity index is 1.57. The number of β-amino-alcohol motifs (C(OH)–C–C–N with tert-alkyl or cyclic N) is 1. The molecule has 1 aromatic rings. The Morgan fingerprint density at radius 1 is 1.28 bits per heavy atom. The number of aliphatic hydroxyl groups is 1. The van der Waals surface area contributed by atoms with Crippen molar-refractivity contribution >= 4 is 5.91 Å². The summed E-state index contributed by atoms with van der Waals surface area (Å²) in [6.07, 6.45) is 1.88. The van der Waals surface area contributed by atoms with Crippen LogP contribution in [0.3, 0.4) is 0 Å². The average Bonchev–Trinajstić information content (AvgIpc) is 2.83. The number of benzene rings is 1. The van der Waals surface area contributed by atoms with E-state index in [0.717, 1.165) is 38.2 Å². The largest absolute Gasteiger partial charge is 0.490 e.